The molecular weight excluding hydrogens is 261 g/mol. The first-order valence-corrected chi connectivity index (χ1v) is 8.26. The third-order valence-corrected chi connectivity index (χ3v) is 5.33. The zero-order chi connectivity index (χ0) is 12.0. The molecule has 0 aliphatic carbocycles. The van der Waals surface area contributed by atoms with E-state index in [4.69, 9.17) is 0 Å². The molecule has 16 heavy (non-hydrogen) atoms. The van der Waals surface area contributed by atoms with E-state index in [-0.39, 0.29) is 0 Å². The van der Waals surface area contributed by atoms with Crippen molar-refractivity contribution in [1.29, 1.82) is 0 Å². The van der Waals surface area contributed by atoms with Gasteiger partial charge in [0.05, 0.1) is 0 Å². The summed E-state index contributed by atoms with van der Waals surface area (Å²) < 4.78 is 0. The molecule has 0 aliphatic rings. The molecule has 0 saturated heterocycles. The quantitative estimate of drug-likeness (QED) is 0.573. The summed E-state index contributed by atoms with van der Waals surface area (Å²) in [6.45, 7) is 3.89. The van der Waals surface area contributed by atoms with Crippen LogP contribution in [0.5, 0.6) is 0 Å². The van der Waals surface area contributed by atoms with E-state index in [1.54, 1.807) is 0 Å². The third-order valence-electron chi connectivity index (χ3n) is 2.74. The van der Waals surface area contributed by atoms with Crippen molar-refractivity contribution in [3.8, 4) is 0 Å². The first-order valence-electron chi connectivity index (χ1n) is 5.55. The first kappa shape index (κ1) is 13.5. The Morgan fingerprint density at radius 3 is 2.38 bits per heavy atom. The van der Waals surface area contributed by atoms with Crippen LogP contribution in [0.25, 0.3) is 0 Å². The summed E-state index contributed by atoms with van der Waals surface area (Å²) in [5, 5.41) is 0. The van der Waals surface area contributed by atoms with Gasteiger partial charge in [0.25, 0.3) is 0 Å². The Labute approximate surface area is 106 Å². The van der Waals surface area contributed by atoms with E-state index in [9.17, 15) is 0 Å². The van der Waals surface area contributed by atoms with Crippen LogP contribution >= 0.6 is 0 Å². The molecule has 2 atom stereocenters. The van der Waals surface area contributed by atoms with Gasteiger partial charge < -0.3 is 0 Å². The zero-order valence-electron chi connectivity index (χ0n) is 10.4. The van der Waals surface area contributed by atoms with Crippen molar-refractivity contribution < 1.29 is 0 Å². The van der Waals surface area contributed by atoms with Crippen molar-refractivity contribution >= 4 is 15.0 Å². The van der Waals surface area contributed by atoms with Crippen molar-refractivity contribution in [1.82, 2.24) is 4.90 Å². The summed E-state index contributed by atoms with van der Waals surface area (Å²) >= 11 is 0.618. The van der Waals surface area contributed by atoms with Crippen LogP contribution in [0, 0.1) is 0 Å². The second kappa shape index (κ2) is 6.90. The minimum atomic E-state index is 0.582. The zero-order valence-corrected chi connectivity index (χ0v) is 12.1. The van der Waals surface area contributed by atoms with Crippen LogP contribution in [0.1, 0.15) is 17.9 Å². The number of rotatable bonds is 6. The van der Waals surface area contributed by atoms with Gasteiger partial charge in [0.15, 0.2) is 0 Å². The molecule has 88 valence electrons. The molecule has 0 saturated carbocycles. The van der Waals surface area contributed by atoms with Gasteiger partial charge in [-0.05, 0) is 0 Å². The fourth-order valence-electron chi connectivity index (χ4n) is 2.03. The van der Waals surface area contributed by atoms with Crippen LogP contribution in [-0.2, 0) is 0 Å². The van der Waals surface area contributed by atoms with Crippen LogP contribution in [0.2, 0.25) is 5.82 Å². The molecule has 1 rings (SSSR count). The third kappa shape index (κ3) is 3.48. The average molecular weight is 282 g/mol. The molecule has 0 amide bonds. The molecule has 0 aliphatic heterocycles. The Morgan fingerprint density at radius 1 is 1.31 bits per heavy atom. The Kier molecular flexibility index (Phi) is 5.83. The van der Waals surface area contributed by atoms with Gasteiger partial charge in [-0.3, -0.25) is 0 Å². The van der Waals surface area contributed by atoms with Crippen LogP contribution in [0.4, 0.5) is 0 Å². The molecule has 0 heterocycles. The molecule has 0 radical (unpaired) electrons. The summed E-state index contributed by atoms with van der Waals surface area (Å²) in [6, 6.07) is 10.8. The van der Waals surface area contributed by atoms with Gasteiger partial charge in [0.2, 0.25) is 0 Å². The fourth-order valence-corrected chi connectivity index (χ4v) is 4.17. The fraction of sp³-hybridized carbons (Fsp3) is 0.429. The number of benzene rings is 1. The van der Waals surface area contributed by atoms with Gasteiger partial charge in [-0.25, -0.2) is 0 Å². The molecule has 2 heteroatoms. The Morgan fingerprint density at radius 2 is 1.94 bits per heavy atom. The van der Waals surface area contributed by atoms with Crippen molar-refractivity contribution in [3.63, 3.8) is 0 Å². The predicted molar refractivity (Wildman–Crippen MR) is 73.1 cm³/mol. The molecule has 2 unspecified atom stereocenters. The van der Waals surface area contributed by atoms with Crippen molar-refractivity contribution in [3.05, 3.63) is 48.6 Å². The normalized spacial score (nSPS) is 14.8. The van der Waals surface area contributed by atoms with Crippen molar-refractivity contribution in [2.24, 2.45) is 0 Å². The number of hydrogen-bond donors (Lipinski definition) is 0. The van der Waals surface area contributed by atoms with Gasteiger partial charge in [-0.1, -0.05) is 0 Å². The van der Waals surface area contributed by atoms with Gasteiger partial charge in [-0.2, -0.15) is 0 Å². The van der Waals surface area contributed by atoms with Crippen molar-refractivity contribution in [2.45, 2.75) is 23.1 Å². The SMILES string of the molecule is C=CCC(c1ccccc1)C([Se]C)N(C)C. The van der Waals surface area contributed by atoms with Crippen molar-refractivity contribution in [2.75, 3.05) is 14.1 Å². The molecule has 0 bridgehead atoms. The molecular formula is C14H21NSe. The summed E-state index contributed by atoms with van der Waals surface area (Å²) in [5.41, 5.74) is 1.44. The molecule has 1 aromatic carbocycles. The van der Waals surface area contributed by atoms with Gasteiger partial charge in [0, 0.05) is 0 Å². The van der Waals surface area contributed by atoms with Gasteiger partial charge in [-0.15, -0.1) is 0 Å². The Bertz CT molecular complexity index is 308. The van der Waals surface area contributed by atoms with E-state index in [0.717, 1.165) is 6.42 Å². The van der Waals surface area contributed by atoms with E-state index in [1.165, 1.54) is 5.56 Å². The van der Waals surface area contributed by atoms with Gasteiger partial charge >= 0.3 is 106 Å². The molecule has 0 aromatic heterocycles. The summed E-state index contributed by atoms with van der Waals surface area (Å²) in [7, 11) is 4.35. The van der Waals surface area contributed by atoms with Gasteiger partial charge in [0.1, 0.15) is 0 Å². The molecule has 1 aromatic rings. The molecule has 1 nitrogen and oxygen atoms in total. The summed E-state index contributed by atoms with van der Waals surface area (Å²) in [4.78, 5) is 2.99. The standard InChI is InChI=1S/C14H21NSe/c1-5-9-13(14(16-4)15(2)3)12-10-7-6-8-11-12/h5-8,10-11,13-14H,1,9H2,2-4H3. The van der Waals surface area contributed by atoms with E-state index in [2.05, 4.69) is 61.7 Å². The summed E-state index contributed by atoms with van der Waals surface area (Å²) in [6.07, 6.45) is 3.10. The van der Waals surface area contributed by atoms with Crippen LogP contribution in [0.3, 0.4) is 0 Å². The van der Waals surface area contributed by atoms with E-state index in [0.29, 0.717) is 25.8 Å². The molecule has 0 N–H and O–H groups in total. The maximum atomic E-state index is 3.89. The number of nitrogens with zero attached hydrogens (tertiary/aromatic N) is 1. The number of likely N-dealkylation sites (N-methyl/N-ethyl adjacent to an activating group) is 1. The Balaban J connectivity index is 2.93. The number of allylic oxidation sites excluding steroid dienone is 1. The summed E-state index contributed by atoms with van der Waals surface area (Å²) in [5.74, 6) is 2.90. The second-order valence-electron chi connectivity index (χ2n) is 4.13. The van der Waals surface area contributed by atoms with Crippen LogP contribution in [-0.4, -0.2) is 38.9 Å². The van der Waals surface area contributed by atoms with Crippen LogP contribution in [0.15, 0.2) is 43.0 Å². The molecule has 0 fully saturated rings. The average Bonchev–Trinajstić information content (AvgIpc) is 2.29. The maximum absolute atomic E-state index is 3.89. The minimum absolute atomic E-state index is 0.582. The number of hydrogen-bond acceptors (Lipinski definition) is 1. The van der Waals surface area contributed by atoms with E-state index in [1.807, 2.05) is 6.08 Å². The Hall–Kier alpha value is -0.561. The first-order chi connectivity index (χ1) is 7.70. The van der Waals surface area contributed by atoms with Crippen LogP contribution < -0.4 is 0 Å². The monoisotopic (exact) mass is 283 g/mol. The predicted octanol–water partition coefficient (Wildman–Crippen LogP) is 2.99. The van der Waals surface area contributed by atoms with E-state index < -0.39 is 0 Å². The topological polar surface area (TPSA) is 3.24 Å². The molecule has 0 spiro atoms. The van der Waals surface area contributed by atoms with E-state index >= 15 is 0 Å². The second-order valence-corrected chi connectivity index (χ2v) is 6.13.